The van der Waals surface area contributed by atoms with Gasteiger partial charge in [0.2, 0.25) is 11.6 Å². The minimum Gasteiger partial charge on any atom is -0.349 e. The number of rotatable bonds is 3. The van der Waals surface area contributed by atoms with Crippen LogP contribution in [0.2, 0.25) is 0 Å². The van der Waals surface area contributed by atoms with Crippen molar-refractivity contribution in [3.8, 4) is 0 Å². The van der Waals surface area contributed by atoms with Crippen LogP contribution in [0.25, 0.3) is 5.57 Å². The summed E-state index contributed by atoms with van der Waals surface area (Å²) in [4.78, 5) is 13.0. The number of ether oxygens (including phenoxy) is 4. The number of carbonyl (C=O) groups is 1. The van der Waals surface area contributed by atoms with E-state index in [-0.39, 0.29) is 12.4 Å². The van der Waals surface area contributed by atoms with E-state index in [0.29, 0.717) is 12.0 Å². The van der Waals surface area contributed by atoms with Crippen molar-refractivity contribution in [2.24, 2.45) is 0 Å². The molecule has 1 aliphatic heterocycles. The third-order valence-electron chi connectivity index (χ3n) is 4.95. The number of hydrogen-bond acceptors (Lipinski definition) is 5. The number of methoxy groups -OCH3 is 2. The second-order valence-corrected chi connectivity index (χ2v) is 6.20. The van der Waals surface area contributed by atoms with Gasteiger partial charge in [-0.05, 0) is 19.4 Å². The molecule has 0 bridgehead atoms. The van der Waals surface area contributed by atoms with Gasteiger partial charge in [0.25, 0.3) is 0 Å². The maximum atomic E-state index is 13.0. The molecule has 5 nitrogen and oxygen atoms in total. The van der Waals surface area contributed by atoms with Crippen LogP contribution in [-0.4, -0.2) is 43.8 Å². The molecule has 1 spiro atoms. The Labute approximate surface area is 136 Å². The van der Waals surface area contributed by atoms with Gasteiger partial charge in [0.1, 0.15) is 0 Å². The molecular formula is C18H22O5. The van der Waals surface area contributed by atoms with E-state index in [0.717, 1.165) is 5.56 Å². The van der Waals surface area contributed by atoms with E-state index in [1.807, 2.05) is 36.4 Å². The number of Topliss-reactive ketones (excluding diaryl/α,β-unsaturated/α-hetero) is 1. The molecule has 0 N–H and O–H groups in total. The summed E-state index contributed by atoms with van der Waals surface area (Å²) in [6.45, 7) is 3.60. The number of hydrogen-bond donors (Lipinski definition) is 0. The first-order chi connectivity index (χ1) is 10.9. The SMILES string of the molecule is COC1(C)OC[C@]2(CC=C(c3ccccc3)C2=O)OC1(C)OC. The Morgan fingerprint density at radius 2 is 1.70 bits per heavy atom. The highest BCUT2D eigenvalue weighted by atomic mass is 16.8. The molecule has 1 saturated heterocycles. The van der Waals surface area contributed by atoms with E-state index in [1.54, 1.807) is 13.8 Å². The van der Waals surface area contributed by atoms with Gasteiger partial charge in [-0.25, -0.2) is 0 Å². The Morgan fingerprint density at radius 1 is 1.04 bits per heavy atom. The van der Waals surface area contributed by atoms with E-state index in [2.05, 4.69) is 0 Å². The second kappa shape index (κ2) is 5.53. The highest BCUT2D eigenvalue weighted by Crippen LogP contribution is 2.46. The maximum absolute atomic E-state index is 13.0. The van der Waals surface area contributed by atoms with E-state index in [1.165, 1.54) is 14.2 Å². The first-order valence-electron chi connectivity index (χ1n) is 7.64. The van der Waals surface area contributed by atoms with Gasteiger partial charge < -0.3 is 18.9 Å². The molecule has 124 valence electrons. The lowest BCUT2D eigenvalue weighted by molar-refractivity contribution is -0.442. The smallest absolute Gasteiger partial charge is 0.221 e. The van der Waals surface area contributed by atoms with Crippen molar-refractivity contribution in [1.82, 2.24) is 0 Å². The molecule has 5 heteroatoms. The van der Waals surface area contributed by atoms with Crippen LogP contribution in [-0.2, 0) is 23.7 Å². The molecule has 2 unspecified atom stereocenters. The second-order valence-electron chi connectivity index (χ2n) is 6.20. The molecule has 0 saturated carbocycles. The highest BCUT2D eigenvalue weighted by Gasteiger charge is 2.61. The van der Waals surface area contributed by atoms with Crippen LogP contribution in [0.3, 0.4) is 0 Å². The summed E-state index contributed by atoms with van der Waals surface area (Å²) in [5.41, 5.74) is 0.486. The van der Waals surface area contributed by atoms with Crippen LogP contribution < -0.4 is 0 Å². The number of carbonyl (C=O) groups excluding carboxylic acids is 1. The van der Waals surface area contributed by atoms with Crippen LogP contribution >= 0.6 is 0 Å². The zero-order chi connectivity index (χ0) is 16.7. The summed E-state index contributed by atoms with van der Waals surface area (Å²) in [5.74, 6) is -2.34. The van der Waals surface area contributed by atoms with Crippen LogP contribution in [0.15, 0.2) is 36.4 Å². The molecule has 3 rings (SSSR count). The lowest BCUT2D eigenvalue weighted by Gasteiger charge is -2.52. The zero-order valence-corrected chi connectivity index (χ0v) is 13.9. The van der Waals surface area contributed by atoms with Gasteiger partial charge in [-0.1, -0.05) is 36.4 Å². The normalized spacial score (nSPS) is 37.2. The molecule has 2 aliphatic rings. The molecular weight excluding hydrogens is 296 g/mol. The largest absolute Gasteiger partial charge is 0.349 e. The summed E-state index contributed by atoms with van der Waals surface area (Å²) in [5, 5.41) is 0. The quantitative estimate of drug-likeness (QED) is 0.857. The van der Waals surface area contributed by atoms with Gasteiger partial charge in [-0.3, -0.25) is 4.79 Å². The number of ketones is 1. The van der Waals surface area contributed by atoms with E-state index < -0.39 is 17.2 Å². The maximum Gasteiger partial charge on any atom is 0.221 e. The average molecular weight is 318 g/mol. The fourth-order valence-electron chi connectivity index (χ4n) is 3.13. The molecule has 0 aromatic heterocycles. The first kappa shape index (κ1) is 16.3. The van der Waals surface area contributed by atoms with Gasteiger partial charge in [0, 0.05) is 26.2 Å². The first-order valence-corrected chi connectivity index (χ1v) is 7.64. The summed E-state index contributed by atoms with van der Waals surface area (Å²) in [6, 6.07) is 9.58. The Hall–Kier alpha value is -1.53. The fraction of sp³-hybridized carbons (Fsp3) is 0.500. The highest BCUT2D eigenvalue weighted by molar-refractivity contribution is 6.27. The van der Waals surface area contributed by atoms with Crippen molar-refractivity contribution in [3.63, 3.8) is 0 Å². The number of benzene rings is 1. The average Bonchev–Trinajstić information content (AvgIpc) is 2.89. The van der Waals surface area contributed by atoms with Crippen molar-refractivity contribution in [2.45, 2.75) is 37.4 Å². The van der Waals surface area contributed by atoms with Crippen molar-refractivity contribution in [2.75, 3.05) is 20.8 Å². The van der Waals surface area contributed by atoms with E-state index >= 15 is 0 Å². The summed E-state index contributed by atoms with van der Waals surface area (Å²) in [7, 11) is 3.05. The topological polar surface area (TPSA) is 54.0 Å². The van der Waals surface area contributed by atoms with Gasteiger partial charge in [-0.15, -0.1) is 0 Å². The van der Waals surface area contributed by atoms with Crippen molar-refractivity contribution in [1.29, 1.82) is 0 Å². The van der Waals surface area contributed by atoms with Gasteiger partial charge in [0.15, 0.2) is 11.4 Å². The Morgan fingerprint density at radius 3 is 2.30 bits per heavy atom. The lowest BCUT2D eigenvalue weighted by Crippen LogP contribution is -2.67. The van der Waals surface area contributed by atoms with Crippen LogP contribution in [0.4, 0.5) is 0 Å². The molecule has 1 aromatic carbocycles. The Bertz CT molecular complexity index is 640. The predicted octanol–water partition coefficient (Wildman–Crippen LogP) is 2.55. The lowest BCUT2D eigenvalue weighted by atomic mass is 9.92. The summed E-state index contributed by atoms with van der Waals surface area (Å²) >= 11 is 0. The molecule has 3 atom stereocenters. The standard InChI is InChI=1S/C18H22O5/c1-16(20-3)17(2,21-4)23-18(12-22-16)11-10-14(15(18)19)13-8-6-5-7-9-13/h5-10H,11-12H2,1-4H3/t16?,17?,18-/m0/s1. The van der Waals surface area contributed by atoms with Crippen molar-refractivity contribution >= 4 is 11.4 Å². The fourth-order valence-corrected chi connectivity index (χ4v) is 3.13. The van der Waals surface area contributed by atoms with Crippen LogP contribution in [0.1, 0.15) is 25.8 Å². The molecule has 1 aliphatic carbocycles. The van der Waals surface area contributed by atoms with E-state index in [9.17, 15) is 4.79 Å². The minimum absolute atomic E-state index is 0.0786. The third-order valence-corrected chi connectivity index (χ3v) is 4.95. The van der Waals surface area contributed by atoms with Gasteiger partial charge in [0.05, 0.1) is 6.61 Å². The molecule has 1 aromatic rings. The molecule has 1 fully saturated rings. The predicted molar refractivity (Wildman–Crippen MR) is 84.6 cm³/mol. The monoisotopic (exact) mass is 318 g/mol. The Kier molecular flexibility index (Phi) is 3.92. The van der Waals surface area contributed by atoms with Crippen LogP contribution in [0.5, 0.6) is 0 Å². The molecule has 0 radical (unpaired) electrons. The molecule has 23 heavy (non-hydrogen) atoms. The molecule has 0 amide bonds. The minimum atomic E-state index is -1.18. The van der Waals surface area contributed by atoms with E-state index in [4.69, 9.17) is 18.9 Å². The molecule has 1 heterocycles. The van der Waals surface area contributed by atoms with Crippen molar-refractivity contribution in [3.05, 3.63) is 42.0 Å². The van der Waals surface area contributed by atoms with Crippen molar-refractivity contribution < 1.29 is 23.7 Å². The summed E-state index contributed by atoms with van der Waals surface area (Å²) in [6.07, 6.45) is 2.36. The van der Waals surface area contributed by atoms with Gasteiger partial charge >= 0.3 is 0 Å². The Balaban J connectivity index is 1.90. The van der Waals surface area contributed by atoms with Crippen LogP contribution in [0, 0.1) is 0 Å². The zero-order valence-electron chi connectivity index (χ0n) is 13.9. The summed E-state index contributed by atoms with van der Waals surface area (Å²) < 4.78 is 23.0. The third kappa shape index (κ3) is 2.35. The van der Waals surface area contributed by atoms with Gasteiger partial charge in [-0.2, -0.15) is 0 Å².